The van der Waals surface area contributed by atoms with E-state index in [4.69, 9.17) is 5.26 Å². The number of carbonyl (C=O) groups is 1. The Morgan fingerprint density at radius 1 is 1.87 bits per heavy atom. The van der Waals surface area contributed by atoms with Crippen LogP contribution in [0, 0.1) is 11.3 Å². The molecule has 0 spiro atoms. The zero-order valence-electron chi connectivity index (χ0n) is 8.34. The molecule has 0 aliphatic carbocycles. The van der Waals surface area contributed by atoms with Gasteiger partial charge in [0.15, 0.2) is 5.60 Å². The summed E-state index contributed by atoms with van der Waals surface area (Å²) in [5.41, 5.74) is -1.69. The highest BCUT2D eigenvalue weighted by Crippen LogP contribution is 2.08. The van der Waals surface area contributed by atoms with Gasteiger partial charge in [0.2, 0.25) is 0 Å². The smallest absolute Gasteiger partial charge is 0.339 e. The number of aromatic nitrogens is 3. The van der Waals surface area contributed by atoms with E-state index in [1.165, 1.54) is 25.0 Å². The lowest BCUT2D eigenvalue weighted by Crippen LogP contribution is -2.40. The Balaban J connectivity index is 2.77. The molecule has 0 aliphatic heterocycles. The van der Waals surface area contributed by atoms with E-state index < -0.39 is 11.6 Å². The third-order valence-electron chi connectivity index (χ3n) is 1.73. The lowest BCUT2D eigenvalue weighted by Gasteiger charge is -2.19. The van der Waals surface area contributed by atoms with E-state index in [0.29, 0.717) is 0 Å². The number of carbonyl (C=O) groups excluding carboxylic acids is 1. The van der Waals surface area contributed by atoms with Crippen molar-refractivity contribution in [2.45, 2.75) is 19.1 Å². The molecule has 1 N–H and O–H groups in total. The van der Waals surface area contributed by atoms with Crippen LogP contribution in [0.4, 0.5) is 0 Å². The Labute approximate surface area is 85.9 Å². The fraction of sp³-hybridized carbons (Fsp3) is 0.500. The van der Waals surface area contributed by atoms with E-state index >= 15 is 0 Å². The van der Waals surface area contributed by atoms with Crippen LogP contribution < -0.4 is 0 Å². The first-order chi connectivity index (χ1) is 6.99. The van der Waals surface area contributed by atoms with E-state index in [0.717, 1.165) is 0 Å². The highest BCUT2D eigenvalue weighted by Gasteiger charge is 2.32. The third kappa shape index (κ3) is 2.51. The van der Waals surface area contributed by atoms with Gasteiger partial charge in [-0.1, -0.05) is 0 Å². The maximum Gasteiger partial charge on any atom is 0.339 e. The summed E-state index contributed by atoms with van der Waals surface area (Å²) in [4.78, 5) is 14.7. The minimum absolute atomic E-state index is 0.0179. The van der Waals surface area contributed by atoms with Gasteiger partial charge in [0, 0.05) is 0 Å². The average Bonchev–Trinajstić information content (AvgIpc) is 2.63. The zero-order chi connectivity index (χ0) is 11.5. The molecule has 0 amide bonds. The Bertz CT molecular complexity index is 404. The maximum absolute atomic E-state index is 11.1. The molecule has 0 fully saturated rings. The topological polar surface area (TPSA) is 101 Å². The van der Waals surface area contributed by atoms with Gasteiger partial charge in [-0.05, 0) is 6.92 Å². The molecule has 1 aromatic heterocycles. The van der Waals surface area contributed by atoms with E-state index in [-0.39, 0.29) is 12.4 Å². The van der Waals surface area contributed by atoms with Crippen molar-refractivity contribution in [3.8, 4) is 6.07 Å². The second-order valence-corrected chi connectivity index (χ2v) is 3.14. The number of aliphatic hydroxyl groups is 1. The van der Waals surface area contributed by atoms with Gasteiger partial charge in [-0.3, -0.25) is 0 Å². The van der Waals surface area contributed by atoms with Gasteiger partial charge in [-0.25, -0.2) is 14.5 Å². The number of hydrogen-bond acceptors (Lipinski definition) is 6. The summed E-state index contributed by atoms with van der Waals surface area (Å²) in [7, 11) is 1.18. The van der Waals surface area contributed by atoms with Gasteiger partial charge < -0.3 is 9.84 Å². The summed E-state index contributed by atoms with van der Waals surface area (Å²) < 4.78 is 5.61. The number of nitrogens with zero attached hydrogens (tertiary/aromatic N) is 4. The number of methoxy groups -OCH3 is 1. The molecule has 1 rings (SSSR count). The molecule has 80 valence electrons. The highest BCUT2D eigenvalue weighted by molar-refractivity contribution is 5.78. The number of esters is 1. The predicted molar refractivity (Wildman–Crippen MR) is 47.4 cm³/mol. The van der Waals surface area contributed by atoms with Crippen molar-refractivity contribution in [3.63, 3.8) is 0 Å². The molecule has 1 heterocycles. The van der Waals surface area contributed by atoms with Crippen molar-refractivity contribution >= 4 is 5.97 Å². The summed E-state index contributed by atoms with van der Waals surface area (Å²) in [6.45, 7) is 1.18. The normalized spacial score (nSPS) is 14.0. The molecule has 0 bridgehead atoms. The molecular formula is C8H10N4O3. The van der Waals surface area contributed by atoms with Gasteiger partial charge in [0.05, 0.1) is 13.7 Å². The molecule has 1 atom stereocenters. The van der Waals surface area contributed by atoms with Gasteiger partial charge >= 0.3 is 5.97 Å². The molecule has 1 unspecified atom stereocenters. The van der Waals surface area contributed by atoms with Crippen LogP contribution in [0.25, 0.3) is 0 Å². The van der Waals surface area contributed by atoms with Gasteiger partial charge in [-0.15, -0.1) is 5.10 Å². The molecular weight excluding hydrogens is 200 g/mol. The number of ether oxygens (including phenoxy) is 1. The quantitative estimate of drug-likeness (QED) is 0.647. The van der Waals surface area contributed by atoms with Gasteiger partial charge in [0.25, 0.3) is 5.82 Å². The molecule has 7 nitrogen and oxygen atoms in total. The van der Waals surface area contributed by atoms with E-state index in [1.807, 2.05) is 0 Å². The molecule has 0 radical (unpaired) electrons. The fourth-order valence-corrected chi connectivity index (χ4v) is 1.02. The minimum atomic E-state index is -1.69. The van der Waals surface area contributed by atoms with E-state index in [2.05, 4.69) is 14.8 Å². The fourth-order valence-electron chi connectivity index (χ4n) is 1.02. The van der Waals surface area contributed by atoms with Crippen LogP contribution in [0.15, 0.2) is 6.33 Å². The average molecular weight is 210 g/mol. The first-order valence-corrected chi connectivity index (χ1v) is 4.10. The summed E-state index contributed by atoms with van der Waals surface area (Å²) in [6.07, 6.45) is 1.26. The van der Waals surface area contributed by atoms with Crippen molar-refractivity contribution in [1.29, 1.82) is 5.26 Å². The standard InChI is InChI=1S/C8H10N4O3/c1-8(14,7(13)15-2)4-12-5-10-6(3-9)11-12/h5,14H,4H2,1-2H3. The maximum atomic E-state index is 11.1. The van der Waals surface area contributed by atoms with E-state index in [1.54, 1.807) is 6.07 Å². The lowest BCUT2D eigenvalue weighted by atomic mass is 10.1. The minimum Gasteiger partial charge on any atom is -0.467 e. The van der Waals surface area contributed by atoms with Crippen molar-refractivity contribution < 1.29 is 14.6 Å². The van der Waals surface area contributed by atoms with Gasteiger partial charge in [0.1, 0.15) is 12.4 Å². The van der Waals surface area contributed by atoms with Crippen molar-refractivity contribution in [3.05, 3.63) is 12.2 Å². The summed E-state index contributed by atoms with van der Waals surface area (Å²) in [5, 5.41) is 21.8. The Hall–Kier alpha value is -1.94. The third-order valence-corrected chi connectivity index (χ3v) is 1.73. The SMILES string of the molecule is COC(=O)C(C)(O)Cn1cnc(C#N)n1. The van der Waals surface area contributed by atoms with Crippen LogP contribution in [0.2, 0.25) is 0 Å². The summed E-state index contributed by atoms with van der Waals surface area (Å²) in [6, 6.07) is 1.74. The first kappa shape index (κ1) is 11.1. The van der Waals surface area contributed by atoms with Crippen molar-refractivity contribution in [2.75, 3.05) is 7.11 Å². The van der Waals surface area contributed by atoms with Crippen LogP contribution in [-0.4, -0.2) is 38.6 Å². The van der Waals surface area contributed by atoms with Crippen LogP contribution in [0.1, 0.15) is 12.7 Å². The molecule has 7 heteroatoms. The number of hydrogen-bond donors (Lipinski definition) is 1. The van der Waals surface area contributed by atoms with Crippen LogP contribution in [0.5, 0.6) is 0 Å². The largest absolute Gasteiger partial charge is 0.467 e. The molecule has 0 aromatic carbocycles. The number of nitriles is 1. The highest BCUT2D eigenvalue weighted by atomic mass is 16.5. The van der Waals surface area contributed by atoms with Crippen LogP contribution in [0.3, 0.4) is 0 Å². The summed E-state index contributed by atoms with van der Waals surface area (Å²) >= 11 is 0. The van der Waals surface area contributed by atoms with Crippen molar-refractivity contribution in [2.24, 2.45) is 0 Å². The number of rotatable bonds is 3. The molecule has 0 aliphatic rings. The molecule has 0 saturated heterocycles. The monoisotopic (exact) mass is 210 g/mol. The second-order valence-electron chi connectivity index (χ2n) is 3.14. The molecule has 15 heavy (non-hydrogen) atoms. The van der Waals surface area contributed by atoms with Crippen LogP contribution >= 0.6 is 0 Å². The Morgan fingerprint density at radius 3 is 3.00 bits per heavy atom. The van der Waals surface area contributed by atoms with Crippen molar-refractivity contribution in [1.82, 2.24) is 14.8 Å². The van der Waals surface area contributed by atoms with Gasteiger partial charge in [-0.2, -0.15) is 5.26 Å². The second kappa shape index (κ2) is 4.06. The zero-order valence-corrected chi connectivity index (χ0v) is 8.34. The van der Waals surface area contributed by atoms with Crippen LogP contribution in [-0.2, 0) is 16.1 Å². The predicted octanol–water partition coefficient (Wildman–Crippen LogP) is -0.926. The Kier molecular flexibility index (Phi) is 3.01. The first-order valence-electron chi connectivity index (χ1n) is 4.10. The molecule has 1 aromatic rings. The molecule has 0 saturated carbocycles. The Morgan fingerprint density at radius 2 is 2.53 bits per heavy atom. The lowest BCUT2D eigenvalue weighted by molar-refractivity contribution is -0.162. The summed E-state index contributed by atoms with van der Waals surface area (Å²) in [5.74, 6) is -0.785. The van der Waals surface area contributed by atoms with E-state index in [9.17, 15) is 9.90 Å².